The SMILES string of the molecule is CCNC(=O)N(CCOC)CC(=O)N1N=C(c2cccs2)C[C@H]1c1cccc([N+](=O)[O-])c1. The summed E-state index contributed by atoms with van der Waals surface area (Å²) in [5, 5.41) is 21.8. The zero-order valence-electron chi connectivity index (χ0n) is 17.9. The number of hydrogen-bond donors (Lipinski definition) is 1. The summed E-state index contributed by atoms with van der Waals surface area (Å²) in [6.07, 6.45) is 0.423. The van der Waals surface area contributed by atoms with Gasteiger partial charge in [0, 0.05) is 38.8 Å². The van der Waals surface area contributed by atoms with Crippen molar-refractivity contribution >= 4 is 34.7 Å². The van der Waals surface area contributed by atoms with Gasteiger partial charge >= 0.3 is 6.03 Å². The molecule has 32 heavy (non-hydrogen) atoms. The minimum absolute atomic E-state index is 0.0523. The van der Waals surface area contributed by atoms with Crippen LogP contribution in [0.15, 0.2) is 46.9 Å². The molecule has 3 amide bonds. The standard InChI is InChI=1S/C21H25N5O5S/c1-3-22-21(28)24(9-10-31-2)14-20(27)25-18(13-17(23-25)19-8-5-11-32-19)15-6-4-7-16(12-15)26(29)30/h4-8,11-12,18H,3,9-10,13-14H2,1-2H3,(H,22,28)/t18-/m0/s1. The number of hydrogen-bond acceptors (Lipinski definition) is 7. The number of nitro benzene ring substituents is 1. The maximum atomic E-state index is 13.3. The molecule has 1 aliphatic rings. The van der Waals surface area contributed by atoms with Crippen LogP contribution in [0.1, 0.15) is 29.8 Å². The summed E-state index contributed by atoms with van der Waals surface area (Å²) in [6, 6.07) is 9.16. The molecule has 10 nitrogen and oxygen atoms in total. The summed E-state index contributed by atoms with van der Waals surface area (Å²) in [5.41, 5.74) is 1.29. The molecule has 0 saturated heterocycles. The van der Waals surface area contributed by atoms with E-state index < -0.39 is 11.0 Å². The highest BCUT2D eigenvalue weighted by Crippen LogP contribution is 2.35. The zero-order chi connectivity index (χ0) is 23.1. The normalized spacial score (nSPS) is 15.4. The van der Waals surface area contributed by atoms with Crippen molar-refractivity contribution in [3.63, 3.8) is 0 Å². The molecule has 0 spiro atoms. The molecule has 3 rings (SSSR count). The first-order valence-corrected chi connectivity index (χ1v) is 11.0. The van der Waals surface area contributed by atoms with Crippen LogP contribution >= 0.6 is 11.3 Å². The van der Waals surface area contributed by atoms with Crippen LogP contribution in [0, 0.1) is 10.1 Å². The summed E-state index contributed by atoms with van der Waals surface area (Å²) in [5.74, 6) is -0.379. The molecular formula is C21H25N5O5S. The molecule has 0 unspecified atom stereocenters. The third-order valence-corrected chi connectivity index (χ3v) is 5.86. The van der Waals surface area contributed by atoms with Crippen LogP contribution in [-0.4, -0.2) is 65.8 Å². The van der Waals surface area contributed by atoms with Gasteiger partial charge in [-0.15, -0.1) is 11.3 Å². The summed E-state index contributed by atoms with van der Waals surface area (Å²) in [7, 11) is 1.52. The van der Waals surface area contributed by atoms with Gasteiger partial charge in [0.2, 0.25) is 0 Å². The van der Waals surface area contributed by atoms with E-state index >= 15 is 0 Å². The lowest BCUT2D eigenvalue weighted by molar-refractivity contribution is -0.384. The van der Waals surface area contributed by atoms with Crippen LogP contribution in [0.5, 0.6) is 0 Å². The molecule has 1 N–H and O–H groups in total. The molecule has 2 aromatic rings. The average Bonchev–Trinajstić information content (AvgIpc) is 3.46. The summed E-state index contributed by atoms with van der Waals surface area (Å²) < 4.78 is 5.06. The lowest BCUT2D eigenvalue weighted by Crippen LogP contribution is -2.47. The van der Waals surface area contributed by atoms with Crippen molar-refractivity contribution in [1.82, 2.24) is 15.2 Å². The van der Waals surface area contributed by atoms with Gasteiger partial charge in [0.25, 0.3) is 11.6 Å². The van der Waals surface area contributed by atoms with Gasteiger partial charge in [-0.3, -0.25) is 14.9 Å². The Balaban J connectivity index is 1.89. The Hall–Kier alpha value is -3.31. The fraction of sp³-hybridized carbons (Fsp3) is 0.381. The Kier molecular flexibility index (Phi) is 7.90. The van der Waals surface area contributed by atoms with Gasteiger partial charge in [-0.2, -0.15) is 5.10 Å². The molecule has 1 aromatic heterocycles. The lowest BCUT2D eigenvalue weighted by Gasteiger charge is -2.27. The molecule has 0 bridgehead atoms. The number of carbonyl (C=O) groups excluding carboxylic acids is 2. The quantitative estimate of drug-likeness (QED) is 0.457. The first-order valence-electron chi connectivity index (χ1n) is 10.1. The second-order valence-corrected chi connectivity index (χ2v) is 8.03. The van der Waals surface area contributed by atoms with Gasteiger partial charge in [0.1, 0.15) is 6.54 Å². The number of non-ortho nitro benzene ring substituents is 1. The number of hydrazone groups is 1. The van der Waals surface area contributed by atoms with Gasteiger partial charge in [-0.1, -0.05) is 18.2 Å². The molecule has 1 atom stereocenters. The predicted molar refractivity (Wildman–Crippen MR) is 121 cm³/mol. The molecular weight excluding hydrogens is 434 g/mol. The number of carbonyl (C=O) groups is 2. The van der Waals surface area contributed by atoms with Crippen LogP contribution in [0.3, 0.4) is 0 Å². The molecule has 0 radical (unpaired) electrons. The summed E-state index contributed by atoms with van der Waals surface area (Å²) in [6.45, 7) is 2.55. The molecule has 2 heterocycles. The first-order chi connectivity index (χ1) is 15.4. The Bertz CT molecular complexity index is 994. The van der Waals surface area contributed by atoms with Crippen LogP contribution in [-0.2, 0) is 9.53 Å². The summed E-state index contributed by atoms with van der Waals surface area (Å²) >= 11 is 1.51. The highest BCUT2D eigenvalue weighted by molar-refractivity contribution is 7.12. The minimum atomic E-state index is -0.502. The number of thiophene rings is 1. The Morgan fingerprint density at radius 3 is 2.84 bits per heavy atom. The average molecular weight is 460 g/mol. The number of urea groups is 1. The number of nitrogens with zero attached hydrogens (tertiary/aromatic N) is 4. The molecule has 1 aromatic carbocycles. The van der Waals surface area contributed by atoms with E-state index in [-0.39, 0.29) is 37.3 Å². The number of nitro groups is 1. The van der Waals surface area contributed by atoms with Gasteiger partial charge < -0.3 is 15.0 Å². The van der Waals surface area contributed by atoms with E-state index in [1.165, 1.54) is 40.5 Å². The van der Waals surface area contributed by atoms with Crippen molar-refractivity contribution < 1.29 is 19.2 Å². The van der Waals surface area contributed by atoms with Crippen LogP contribution in [0.2, 0.25) is 0 Å². The van der Waals surface area contributed by atoms with E-state index in [1.807, 2.05) is 17.5 Å². The van der Waals surface area contributed by atoms with E-state index in [0.29, 0.717) is 18.5 Å². The van der Waals surface area contributed by atoms with Crippen LogP contribution in [0.25, 0.3) is 0 Å². The molecule has 0 aliphatic carbocycles. The third kappa shape index (κ3) is 5.48. The van der Waals surface area contributed by atoms with E-state index in [0.717, 1.165) is 10.6 Å². The van der Waals surface area contributed by atoms with E-state index in [2.05, 4.69) is 10.4 Å². The second-order valence-electron chi connectivity index (χ2n) is 7.08. The smallest absolute Gasteiger partial charge is 0.317 e. The fourth-order valence-electron chi connectivity index (χ4n) is 3.39. The zero-order valence-corrected chi connectivity index (χ0v) is 18.7. The van der Waals surface area contributed by atoms with Crippen molar-refractivity contribution in [2.45, 2.75) is 19.4 Å². The first kappa shape index (κ1) is 23.4. The third-order valence-electron chi connectivity index (χ3n) is 4.94. The molecule has 11 heteroatoms. The Labute approximate surface area is 189 Å². The van der Waals surface area contributed by atoms with Gasteiger partial charge in [0.05, 0.1) is 28.2 Å². The van der Waals surface area contributed by atoms with Gasteiger partial charge in [-0.25, -0.2) is 9.80 Å². The number of methoxy groups -OCH3 is 1. The number of nitrogens with one attached hydrogen (secondary N) is 1. The van der Waals surface area contributed by atoms with Crippen molar-refractivity contribution in [1.29, 1.82) is 0 Å². The fourth-order valence-corrected chi connectivity index (χ4v) is 4.11. The Morgan fingerprint density at radius 1 is 1.38 bits per heavy atom. The Morgan fingerprint density at radius 2 is 2.19 bits per heavy atom. The number of amides is 3. The van der Waals surface area contributed by atoms with Gasteiger partial charge in [0.15, 0.2) is 0 Å². The maximum Gasteiger partial charge on any atom is 0.317 e. The number of benzene rings is 1. The van der Waals surface area contributed by atoms with Gasteiger partial charge in [-0.05, 0) is 23.9 Å². The van der Waals surface area contributed by atoms with Crippen molar-refractivity contribution in [3.8, 4) is 0 Å². The van der Waals surface area contributed by atoms with E-state index in [4.69, 9.17) is 4.74 Å². The molecule has 1 aliphatic heterocycles. The topological polar surface area (TPSA) is 117 Å². The highest BCUT2D eigenvalue weighted by atomic mass is 32.1. The highest BCUT2D eigenvalue weighted by Gasteiger charge is 2.35. The minimum Gasteiger partial charge on any atom is -0.383 e. The lowest BCUT2D eigenvalue weighted by atomic mass is 10.0. The van der Waals surface area contributed by atoms with E-state index in [1.54, 1.807) is 19.1 Å². The number of rotatable bonds is 9. The largest absolute Gasteiger partial charge is 0.383 e. The maximum absolute atomic E-state index is 13.3. The molecule has 0 fully saturated rings. The van der Waals surface area contributed by atoms with E-state index in [9.17, 15) is 19.7 Å². The van der Waals surface area contributed by atoms with Crippen LogP contribution < -0.4 is 5.32 Å². The number of ether oxygens (including phenoxy) is 1. The monoisotopic (exact) mass is 459 g/mol. The van der Waals surface area contributed by atoms with Crippen molar-refractivity contribution in [3.05, 3.63) is 62.3 Å². The van der Waals surface area contributed by atoms with Crippen molar-refractivity contribution in [2.24, 2.45) is 5.10 Å². The summed E-state index contributed by atoms with van der Waals surface area (Å²) in [4.78, 5) is 38.8. The molecule has 0 saturated carbocycles. The predicted octanol–water partition coefficient (Wildman–Crippen LogP) is 3.01. The molecule has 170 valence electrons. The second kappa shape index (κ2) is 10.8. The van der Waals surface area contributed by atoms with Crippen LogP contribution in [0.4, 0.5) is 10.5 Å². The van der Waals surface area contributed by atoms with Crippen molar-refractivity contribution in [2.75, 3.05) is 33.4 Å².